The van der Waals surface area contributed by atoms with Gasteiger partial charge in [-0.3, -0.25) is 4.57 Å². The van der Waals surface area contributed by atoms with Gasteiger partial charge in [-0.2, -0.15) is 0 Å². The minimum Gasteiger partial charge on any atom is -0.500 e. The van der Waals surface area contributed by atoms with Crippen LogP contribution in [0.1, 0.15) is 6.92 Å². The van der Waals surface area contributed by atoms with Crippen molar-refractivity contribution in [3.63, 3.8) is 0 Å². The molecule has 0 aromatic carbocycles. The summed E-state index contributed by atoms with van der Waals surface area (Å²) < 4.78 is 15.7. The molecule has 0 spiro atoms. The van der Waals surface area contributed by atoms with Crippen molar-refractivity contribution in [2.24, 2.45) is 0 Å². The van der Waals surface area contributed by atoms with Gasteiger partial charge in [0.05, 0.1) is 6.61 Å². The van der Waals surface area contributed by atoms with Gasteiger partial charge in [-0.15, -0.1) is 0 Å². The third kappa shape index (κ3) is 4.62. The van der Waals surface area contributed by atoms with Crippen LogP contribution in [0, 0.1) is 0 Å². The van der Waals surface area contributed by atoms with Gasteiger partial charge in [0.25, 0.3) is 5.85 Å². The molecule has 0 aromatic heterocycles. The van der Waals surface area contributed by atoms with Gasteiger partial charge in [-0.05, 0) is 45.3 Å². The lowest BCUT2D eigenvalue weighted by Crippen LogP contribution is -1.77. The van der Waals surface area contributed by atoms with E-state index < -0.39 is 5.85 Å². The maximum atomic E-state index is 10.8. The van der Waals surface area contributed by atoms with Gasteiger partial charge in [-0.25, -0.2) is 0 Å². The molecule has 0 radical (unpaired) electrons. The van der Waals surface area contributed by atoms with Crippen molar-refractivity contribution in [2.75, 3.05) is 6.61 Å². The SMILES string of the molecule is CCOC=C(Br)P(=O)(Cl)Cl. The Morgan fingerprint density at radius 2 is 2.30 bits per heavy atom. The third-order valence-corrected chi connectivity index (χ3v) is 5.20. The molecular weight excluding hydrogens is 262 g/mol. The molecule has 10 heavy (non-hydrogen) atoms. The predicted octanol–water partition coefficient (Wildman–Crippen LogP) is 3.89. The van der Waals surface area contributed by atoms with Crippen LogP contribution in [0.5, 0.6) is 0 Å². The van der Waals surface area contributed by atoms with Gasteiger partial charge in [-0.1, -0.05) is 0 Å². The molecule has 0 amide bonds. The Bertz CT molecular complexity index is 176. The zero-order valence-electron chi connectivity index (χ0n) is 5.18. The fourth-order valence-electron chi connectivity index (χ4n) is 0.213. The van der Waals surface area contributed by atoms with Crippen LogP contribution in [0.3, 0.4) is 0 Å². The minimum atomic E-state index is -3.19. The fraction of sp³-hybridized carbons (Fsp3) is 0.500. The van der Waals surface area contributed by atoms with E-state index in [2.05, 4.69) is 15.9 Å². The largest absolute Gasteiger partial charge is 0.500 e. The Morgan fingerprint density at radius 3 is 2.60 bits per heavy atom. The Morgan fingerprint density at radius 1 is 1.80 bits per heavy atom. The monoisotopic (exact) mass is 266 g/mol. The van der Waals surface area contributed by atoms with Crippen molar-refractivity contribution in [1.29, 1.82) is 0 Å². The summed E-state index contributed by atoms with van der Waals surface area (Å²) in [6.07, 6.45) is 1.24. The van der Waals surface area contributed by atoms with Crippen LogP contribution < -0.4 is 0 Å². The molecule has 60 valence electrons. The molecule has 2 nitrogen and oxygen atoms in total. The second-order valence-electron chi connectivity index (χ2n) is 1.36. The first kappa shape index (κ1) is 10.8. The van der Waals surface area contributed by atoms with E-state index in [4.69, 9.17) is 27.2 Å². The fourth-order valence-corrected chi connectivity index (χ4v) is 0.782. The van der Waals surface area contributed by atoms with Gasteiger partial charge in [0.1, 0.15) is 10.5 Å². The van der Waals surface area contributed by atoms with Crippen molar-refractivity contribution >= 4 is 44.3 Å². The first-order valence-corrected chi connectivity index (χ1v) is 6.76. The summed E-state index contributed by atoms with van der Waals surface area (Å²) >= 11 is 13.4. The van der Waals surface area contributed by atoms with Crippen molar-refractivity contribution in [2.45, 2.75) is 6.92 Å². The van der Waals surface area contributed by atoms with Gasteiger partial charge in [0, 0.05) is 0 Å². The number of halogens is 3. The summed E-state index contributed by atoms with van der Waals surface area (Å²) in [6.45, 7) is 2.28. The third-order valence-electron chi connectivity index (χ3n) is 0.596. The quantitative estimate of drug-likeness (QED) is 0.573. The van der Waals surface area contributed by atoms with Gasteiger partial charge < -0.3 is 4.74 Å². The summed E-state index contributed by atoms with van der Waals surface area (Å²) in [6, 6.07) is 0. The van der Waals surface area contributed by atoms with E-state index in [9.17, 15) is 4.57 Å². The molecule has 0 unspecified atom stereocenters. The Labute approximate surface area is 77.6 Å². The molecule has 0 aliphatic heterocycles. The molecule has 0 N–H and O–H groups in total. The number of rotatable bonds is 3. The molecule has 0 saturated carbocycles. The van der Waals surface area contributed by atoms with Gasteiger partial charge in [0.15, 0.2) is 0 Å². The minimum absolute atomic E-state index is 0.185. The van der Waals surface area contributed by atoms with E-state index in [0.29, 0.717) is 6.61 Å². The molecule has 0 aliphatic rings. The van der Waals surface area contributed by atoms with E-state index in [0.717, 1.165) is 0 Å². The van der Waals surface area contributed by atoms with Crippen LogP contribution in [-0.2, 0) is 9.30 Å². The van der Waals surface area contributed by atoms with Crippen LogP contribution in [0.4, 0.5) is 0 Å². The van der Waals surface area contributed by atoms with Gasteiger partial charge in [0.2, 0.25) is 0 Å². The highest BCUT2D eigenvalue weighted by molar-refractivity contribution is 9.13. The zero-order chi connectivity index (χ0) is 8.20. The normalized spacial score (nSPS) is 13.4. The second kappa shape index (κ2) is 4.66. The first-order valence-electron chi connectivity index (χ1n) is 2.45. The topological polar surface area (TPSA) is 26.3 Å². The standard InChI is InChI=1S/C4H6BrCl2O2P/c1-2-9-3-4(5)10(6,7)8/h3H,2H2,1H3. The summed E-state index contributed by atoms with van der Waals surface area (Å²) in [4.78, 5) is 0. The highest BCUT2D eigenvalue weighted by Gasteiger charge is 2.18. The lowest BCUT2D eigenvalue weighted by atomic mass is 10.9. The van der Waals surface area contributed by atoms with Crippen molar-refractivity contribution < 1.29 is 9.30 Å². The average molecular weight is 268 g/mol. The van der Waals surface area contributed by atoms with Crippen LogP contribution in [0.25, 0.3) is 0 Å². The lowest BCUT2D eigenvalue weighted by molar-refractivity contribution is 0.269. The lowest BCUT2D eigenvalue weighted by Gasteiger charge is -1.99. The van der Waals surface area contributed by atoms with Crippen LogP contribution in [-0.4, -0.2) is 6.61 Å². The highest BCUT2D eigenvalue weighted by atomic mass is 79.9. The van der Waals surface area contributed by atoms with E-state index in [1.165, 1.54) is 6.26 Å². The van der Waals surface area contributed by atoms with Crippen LogP contribution in [0.15, 0.2) is 10.5 Å². The molecule has 0 aromatic rings. The predicted molar refractivity (Wildman–Crippen MR) is 47.9 cm³/mol. The summed E-state index contributed by atoms with van der Waals surface area (Å²) in [5.74, 6) is -3.19. The van der Waals surface area contributed by atoms with Crippen molar-refractivity contribution in [1.82, 2.24) is 0 Å². The molecule has 0 heterocycles. The Hall–Kier alpha value is 0.830. The van der Waals surface area contributed by atoms with E-state index >= 15 is 0 Å². The van der Waals surface area contributed by atoms with E-state index in [-0.39, 0.29) is 4.22 Å². The molecule has 0 atom stereocenters. The number of hydrogen-bond donors (Lipinski definition) is 0. The maximum Gasteiger partial charge on any atom is 0.291 e. The second-order valence-corrected chi connectivity index (χ2v) is 7.61. The first-order chi connectivity index (χ1) is 4.48. The van der Waals surface area contributed by atoms with Crippen molar-refractivity contribution in [3.05, 3.63) is 10.5 Å². The van der Waals surface area contributed by atoms with E-state index in [1.54, 1.807) is 6.92 Å². The highest BCUT2D eigenvalue weighted by Crippen LogP contribution is 2.65. The van der Waals surface area contributed by atoms with E-state index in [1.807, 2.05) is 0 Å². The van der Waals surface area contributed by atoms with Crippen LogP contribution >= 0.6 is 44.3 Å². The summed E-state index contributed by atoms with van der Waals surface area (Å²) in [7, 11) is 0. The molecule has 0 rings (SSSR count). The zero-order valence-corrected chi connectivity index (χ0v) is 9.17. The molecule has 6 heteroatoms. The maximum absolute atomic E-state index is 10.8. The molecule has 0 fully saturated rings. The smallest absolute Gasteiger partial charge is 0.291 e. The molecule has 0 aliphatic carbocycles. The average Bonchev–Trinajstić information content (AvgIpc) is 1.80. The van der Waals surface area contributed by atoms with Crippen LogP contribution in [0.2, 0.25) is 0 Å². The molecule has 0 saturated heterocycles. The summed E-state index contributed by atoms with van der Waals surface area (Å²) in [5.41, 5.74) is 0. The van der Waals surface area contributed by atoms with Crippen molar-refractivity contribution in [3.8, 4) is 0 Å². The summed E-state index contributed by atoms with van der Waals surface area (Å²) in [5, 5.41) is 0. The number of hydrogen-bond acceptors (Lipinski definition) is 2. The molecular formula is C4H6BrCl2O2P. The number of ether oxygens (including phenoxy) is 1. The molecule has 0 bridgehead atoms. The Balaban J connectivity index is 4.07. The van der Waals surface area contributed by atoms with Gasteiger partial charge >= 0.3 is 0 Å². The Kier molecular flexibility index (Phi) is 5.04.